The average molecular weight is 404 g/mol. The molecular formula is C19H21N3O3S2. The number of piperidine rings is 1. The second kappa shape index (κ2) is 7.80. The van der Waals surface area contributed by atoms with Crippen molar-refractivity contribution in [1.82, 2.24) is 10.0 Å². The fourth-order valence-corrected chi connectivity index (χ4v) is 4.75. The summed E-state index contributed by atoms with van der Waals surface area (Å²) in [5.74, 6) is -0.0824. The van der Waals surface area contributed by atoms with Gasteiger partial charge in [-0.05, 0) is 43.5 Å². The van der Waals surface area contributed by atoms with Gasteiger partial charge in [0.2, 0.25) is 15.9 Å². The number of hydrogen-bond acceptors (Lipinski definition) is 5. The van der Waals surface area contributed by atoms with Crippen molar-refractivity contribution in [3.05, 3.63) is 46.8 Å². The van der Waals surface area contributed by atoms with Crippen molar-refractivity contribution in [3.8, 4) is 16.5 Å². The molecule has 0 spiro atoms. The first kappa shape index (κ1) is 19.5. The molecular weight excluding hydrogens is 382 g/mol. The Labute approximate surface area is 163 Å². The highest BCUT2D eigenvalue weighted by Crippen LogP contribution is 2.31. The van der Waals surface area contributed by atoms with Crippen molar-refractivity contribution in [2.24, 2.45) is 0 Å². The molecule has 1 aliphatic rings. The quantitative estimate of drug-likeness (QED) is 0.802. The average Bonchev–Trinajstić information content (AvgIpc) is 3.12. The number of rotatable bonds is 5. The number of sulfonamides is 1. The molecule has 0 bridgehead atoms. The van der Waals surface area contributed by atoms with Crippen molar-refractivity contribution < 1.29 is 13.2 Å². The summed E-state index contributed by atoms with van der Waals surface area (Å²) in [6.45, 7) is 3.26. The Balaban J connectivity index is 1.85. The summed E-state index contributed by atoms with van der Waals surface area (Å²) in [7, 11) is -3.44. The lowest BCUT2D eigenvalue weighted by atomic mass is 9.92. The fourth-order valence-electron chi connectivity index (χ4n) is 3.00. The fraction of sp³-hybridized carbons (Fsp3) is 0.368. The van der Waals surface area contributed by atoms with E-state index in [0.717, 1.165) is 16.0 Å². The van der Waals surface area contributed by atoms with Crippen LogP contribution in [0.2, 0.25) is 0 Å². The van der Waals surface area contributed by atoms with Crippen LogP contribution in [0.25, 0.3) is 10.4 Å². The number of carbonyl (C=O) groups excluding carboxylic acids is 1. The Bertz CT molecular complexity index is 972. The highest BCUT2D eigenvalue weighted by molar-refractivity contribution is 7.90. The van der Waals surface area contributed by atoms with Crippen LogP contribution in [0.5, 0.6) is 0 Å². The number of nitriles is 1. The van der Waals surface area contributed by atoms with Crippen LogP contribution in [-0.2, 0) is 14.8 Å². The van der Waals surface area contributed by atoms with Crippen LogP contribution in [0, 0.1) is 11.3 Å². The standard InChI is InChI=1S/C19H21N3O3S2/c1-12(2)27(24,25)22-16-8-10-18(23)21-19(16)14-5-3-13(4-6-14)17-9-7-15(11-20)26-17/h3-7,9,12,16,19,22H,8,10H2,1-2H3,(H,21,23)/t16-,19+/m1/s1. The van der Waals surface area contributed by atoms with E-state index < -0.39 is 21.3 Å². The zero-order valence-electron chi connectivity index (χ0n) is 15.1. The minimum absolute atomic E-state index is 0.0824. The predicted octanol–water partition coefficient (Wildman–Crippen LogP) is 2.93. The van der Waals surface area contributed by atoms with Gasteiger partial charge in [-0.15, -0.1) is 11.3 Å². The van der Waals surface area contributed by atoms with Gasteiger partial charge in [0.1, 0.15) is 10.9 Å². The molecule has 1 amide bonds. The predicted molar refractivity (Wildman–Crippen MR) is 106 cm³/mol. The van der Waals surface area contributed by atoms with Crippen molar-refractivity contribution in [1.29, 1.82) is 5.26 Å². The Morgan fingerprint density at radius 1 is 1.22 bits per heavy atom. The molecule has 0 unspecified atom stereocenters. The van der Waals surface area contributed by atoms with E-state index in [4.69, 9.17) is 5.26 Å². The number of hydrogen-bond donors (Lipinski definition) is 2. The molecule has 1 aromatic carbocycles. The summed E-state index contributed by atoms with van der Waals surface area (Å²) in [6, 6.07) is 12.7. The molecule has 1 fully saturated rings. The lowest BCUT2D eigenvalue weighted by Gasteiger charge is -2.33. The van der Waals surface area contributed by atoms with Crippen LogP contribution in [0.3, 0.4) is 0 Å². The maximum Gasteiger partial charge on any atom is 0.220 e. The molecule has 1 saturated heterocycles. The van der Waals surface area contributed by atoms with Crippen LogP contribution >= 0.6 is 11.3 Å². The number of benzene rings is 1. The van der Waals surface area contributed by atoms with Crippen molar-refractivity contribution >= 4 is 27.3 Å². The molecule has 1 aliphatic heterocycles. The molecule has 3 rings (SSSR count). The van der Waals surface area contributed by atoms with Crippen LogP contribution in [-0.4, -0.2) is 25.6 Å². The van der Waals surface area contributed by atoms with E-state index in [9.17, 15) is 13.2 Å². The molecule has 0 radical (unpaired) electrons. The highest BCUT2D eigenvalue weighted by atomic mass is 32.2. The van der Waals surface area contributed by atoms with Gasteiger partial charge in [-0.3, -0.25) is 4.79 Å². The Morgan fingerprint density at radius 3 is 2.52 bits per heavy atom. The zero-order chi connectivity index (χ0) is 19.6. The molecule has 27 heavy (non-hydrogen) atoms. The third-order valence-electron chi connectivity index (χ3n) is 4.61. The smallest absolute Gasteiger partial charge is 0.220 e. The van der Waals surface area contributed by atoms with Crippen LogP contribution in [0.15, 0.2) is 36.4 Å². The van der Waals surface area contributed by atoms with Gasteiger partial charge in [-0.1, -0.05) is 24.3 Å². The first-order valence-electron chi connectivity index (χ1n) is 8.71. The summed E-state index contributed by atoms with van der Waals surface area (Å²) in [6.07, 6.45) is 0.757. The molecule has 2 aromatic rings. The maximum atomic E-state index is 12.3. The normalized spacial score (nSPS) is 20.3. The molecule has 1 aromatic heterocycles. The van der Waals surface area contributed by atoms with Crippen LogP contribution < -0.4 is 10.0 Å². The summed E-state index contributed by atoms with van der Waals surface area (Å²) >= 11 is 1.42. The third kappa shape index (κ3) is 4.38. The zero-order valence-corrected chi connectivity index (χ0v) is 16.7. The molecule has 2 atom stereocenters. The number of amides is 1. The van der Waals surface area contributed by atoms with Crippen LogP contribution in [0.1, 0.15) is 43.2 Å². The van der Waals surface area contributed by atoms with E-state index in [0.29, 0.717) is 17.7 Å². The second-order valence-electron chi connectivity index (χ2n) is 6.80. The number of nitrogens with zero attached hydrogens (tertiary/aromatic N) is 1. The second-order valence-corrected chi connectivity index (χ2v) is 10.2. The van der Waals surface area contributed by atoms with Gasteiger partial charge in [0.25, 0.3) is 0 Å². The van der Waals surface area contributed by atoms with E-state index >= 15 is 0 Å². The van der Waals surface area contributed by atoms with Crippen LogP contribution in [0.4, 0.5) is 0 Å². The molecule has 2 N–H and O–H groups in total. The minimum atomic E-state index is -3.44. The molecule has 0 saturated carbocycles. The maximum absolute atomic E-state index is 12.3. The Morgan fingerprint density at radius 2 is 1.93 bits per heavy atom. The topological polar surface area (TPSA) is 99.1 Å². The summed E-state index contributed by atoms with van der Waals surface area (Å²) < 4.78 is 27.3. The number of carbonyl (C=O) groups is 1. The molecule has 2 heterocycles. The summed E-state index contributed by atoms with van der Waals surface area (Å²) in [5, 5.41) is 11.3. The van der Waals surface area contributed by atoms with E-state index in [1.807, 2.05) is 30.3 Å². The molecule has 142 valence electrons. The number of thiophene rings is 1. The molecule has 6 nitrogen and oxygen atoms in total. The highest BCUT2D eigenvalue weighted by Gasteiger charge is 2.33. The molecule has 0 aliphatic carbocycles. The van der Waals surface area contributed by atoms with Gasteiger partial charge in [0, 0.05) is 17.3 Å². The summed E-state index contributed by atoms with van der Waals surface area (Å²) in [4.78, 5) is 13.5. The van der Waals surface area contributed by atoms with Gasteiger partial charge < -0.3 is 5.32 Å². The monoisotopic (exact) mass is 403 g/mol. The van der Waals surface area contributed by atoms with Gasteiger partial charge in [-0.2, -0.15) is 5.26 Å². The number of nitrogens with one attached hydrogen (secondary N) is 2. The lowest BCUT2D eigenvalue weighted by molar-refractivity contribution is -0.123. The summed E-state index contributed by atoms with van der Waals surface area (Å²) in [5.41, 5.74) is 1.83. The van der Waals surface area contributed by atoms with Crippen molar-refractivity contribution in [3.63, 3.8) is 0 Å². The first-order chi connectivity index (χ1) is 12.8. The minimum Gasteiger partial charge on any atom is -0.348 e. The van der Waals surface area contributed by atoms with Crippen molar-refractivity contribution in [2.75, 3.05) is 0 Å². The van der Waals surface area contributed by atoms with E-state index in [-0.39, 0.29) is 11.9 Å². The van der Waals surface area contributed by atoms with E-state index in [2.05, 4.69) is 16.1 Å². The Kier molecular flexibility index (Phi) is 5.65. The SMILES string of the molecule is CC(C)S(=O)(=O)N[C@@H]1CCC(=O)N[C@H]1c1ccc(-c2ccc(C#N)s2)cc1. The third-order valence-corrected chi connectivity index (χ3v) is 7.52. The first-order valence-corrected chi connectivity index (χ1v) is 11.1. The van der Waals surface area contributed by atoms with Gasteiger partial charge in [-0.25, -0.2) is 13.1 Å². The van der Waals surface area contributed by atoms with Gasteiger partial charge in [0.05, 0.1) is 11.3 Å². The van der Waals surface area contributed by atoms with Crippen molar-refractivity contribution in [2.45, 2.75) is 44.0 Å². The molecule has 8 heteroatoms. The van der Waals surface area contributed by atoms with Gasteiger partial charge >= 0.3 is 0 Å². The van der Waals surface area contributed by atoms with Gasteiger partial charge in [0.15, 0.2) is 0 Å². The van der Waals surface area contributed by atoms with E-state index in [1.165, 1.54) is 11.3 Å². The largest absolute Gasteiger partial charge is 0.348 e. The van der Waals surface area contributed by atoms with E-state index in [1.54, 1.807) is 19.9 Å². The Hall–Kier alpha value is -2.21. The lowest BCUT2D eigenvalue weighted by Crippen LogP contribution is -2.51.